The molecule has 45 heavy (non-hydrogen) atoms. The molecule has 2 unspecified atom stereocenters. The molecular formula is C37H18N4O4. The van der Waals surface area contributed by atoms with E-state index >= 15 is 0 Å². The molecule has 8 nitrogen and oxygen atoms in total. The van der Waals surface area contributed by atoms with Gasteiger partial charge in [0.2, 0.25) is 0 Å². The zero-order valence-corrected chi connectivity index (χ0v) is 23.6. The molecule has 0 saturated heterocycles. The molecule has 2 heterocycles. The van der Waals surface area contributed by atoms with Gasteiger partial charge in [0.15, 0.2) is 46.4 Å². The van der Waals surface area contributed by atoms with Gasteiger partial charge in [0.1, 0.15) is 24.3 Å². The number of nitriles is 4. The fourth-order valence-electron chi connectivity index (χ4n) is 6.34. The van der Waals surface area contributed by atoms with Gasteiger partial charge in [-0.3, -0.25) is 0 Å². The van der Waals surface area contributed by atoms with Crippen LogP contribution in [0, 0.1) is 45.3 Å². The predicted octanol–water partition coefficient (Wildman–Crippen LogP) is 7.94. The van der Waals surface area contributed by atoms with Crippen molar-refractivity contribution in [2.75, 3.05) is 0 Å². The Morgan fingerprint density at radius 3 is 1.87 bits per heavy atom. The van der Waals surface area contributed by atoms with Gasteiger partial charge in [0.05, 0.1) is 22.3 Å². The second-order valence-corrected chi connectivity index (χ2v) is 10.9. The third-order valence-corrected chi connectivity index (χ3v) is 8.45. The quantitative estimate of drug-likeness (QED) is 0.191. The third kappa shape index (κ3) is 3.74. The van der Waals surface area contributed by atoms with E-state index in [0.29, 0.717) is 45.8 Å². The fraction of sp³-hybridized carbons (Fsp3) is 0.0811. The SMILES string of the molecule is CC1c2ccccc2C(c2c3c(cc4ccccc24)Oc2cc(C#N)c(C#N)cc2O3)=C2Oc3cc(C#N)c(C#N)cc3OC21. The number of rotatable bonds is 1. The number of fused-ring (bicyclic) bond motifs is 6. The number of hydrogen-bond donors (Lipinski definition) is 0. The lowest BCUT2D eigenvalue weighted by Gasteiger charge is -2.39. The highest BCUT2D eigenvalue weighted by Gasteiger charge is 2.42. The van der Waals surface area contributed by atoms with E-state index in [9.17, 15) is 21.0 Å². The average Bonchev–Trinajstić information content (AvgIpc) is 3.08. The Kier molecular flexibility index (Phi) is 5.56. The van der Waals surface area contributed by atoms with E-state index in [1.54, 1.807) is 6.07 Å². The van der Waals surface area contributed by atoms with E-state index in [1.807, 2.05) is 54.6 Å². The number of benzene rings is 5. The Balaban J connectivity index is 1.44. The van der Waals surface area contributed by atoms with Crippen LogP contribution in [0.4, 0.5) is 0 Å². The van der Waals surface area contributed by atoms with Gasteiger partial charge >= 0.3 is 0 Å². The minimum Gasteiger partial charge on any atom is -0.478 e. The maximum Gasteiger partial charge on any atom is 0.178 e. The molecule has 3 aliphatic rings. The highest BCUT2D eigenvalue weighted by molar-refractivity contribution is 6.04. The molecular weight excluding hydrogens is 564 g/mol. The lowest BCUT2D eigenvalue weighted by atomic mass is 9.77. The van der Waals surface area contributed by atoms with Crippen LogP contribution in [0.25, 0.3) is 16.3 Å². The molecule has 5 aromatic carbocycles. The van der Waals surface area contributed by atoms with Crippen molar-refractivity contribution >= 4 is 16.3 Å². The molecule has 2 atom stereocenters. The molecule has 1 aliphatic carbocycles. The molecule has 0 bridgehead atoms. The Labute approximate surface area is 257 Å². The van der Waals surface area contributed by atoms with Gasteiger partial charge in [-0.25, -0.2) is 0 Å². The van der Waals surface area contributed by atoms with Crippen molar-refractivity contribution in [2.45, 2.75) is 18.9 Å². The Morgan fingerprint density at radius 2 is 1.18 bits per heavy atom. The first-order valence-corrected chi connectivity index (χ1v) is 14.1. The van der Waals surface area contributed by atoms with Crippen LogP contribution in [0.3, 0.4) is 0 Å². The van der Waals surface area contributed by atoms with Gasteiger partial charge in [-0.2, -0.15) is 21.0 Å². The molecule has 8 heteroatoms. The van der Waals surface area contributed by atoms with Crippen molar-refractivity contribution in [1.29, 1.82) is 21.0 Å². The van der Waals surface area contributed by atoms with Crippen molar-refractivity contribution in [1.82, 2.24) is 0 Å². The summed E-state index contributed by atoms with van der Waals surface area (Å²) < 4.78 is 26.2. The Bertz CT molecular complexity index is 2360. The van der Waals surface area contributed by atoms with E-state index in [1.165, 1.54) is 18.2 Å². The van der Waals surface area contributed by atoms with Crippen LogP contribution in [-0.2, 0) is 0 Å². The largest absolute Gasteiger partial charge is 0.478 e. The van der Waals surface area contributed by atoms with Gasteiger partial charge in [0.25, 0.3) is 0 Å². The van der Waals surface area contributed by atoms with Gasteiger partial charge in [-0.15, -0.1) is 0 Å². The Hall–Kier alpha value is -6.74. The minimum atomic E-state index is -0.559. The van der Waals surface area contributed by atoms with Crippen LogP contribution in [0.2, 0.25) is 0 Å². The van der Waals surface area contributed by atoms with Crippen molar-refractivity contribution in [3.05, 3.63) is 124 Å². The zero-order valence-electron chi connectivity index (χ0n) is 23.6. The molecule has 5 aromatic rings. The molecule has 0 radical (unpaired) electrons. The third-order valence-electron chi connectivity index (χ3n) is 8.45. The van der Waals surface area contributed by atoms with E-state index in [0.717, 1.165) is 27.5 Å². The molecule has 0 aromatic heterocycles. The second-order valence-electron chi connectivity index (χ2n) is 10.9. The first-order valence-electron chi connectivity index (χ1n) is 14.1. The number of ether oxygens (including phenoxy) is 4. The summed E-state index contributed by atoms with van der Waals surface area (Å²) in [5.41, 5.74) is 4.15. The standard InChI is InChI=1S/C37H18N4O4/c1-19-25-7-4-5-9-27(25)34(37-35(19)43-30-13-23(17-40)24(18-41)14-31(30)45-37)33-26-8-3-2-6-20(26)10-32-36(33)44-29-12-22(16-39)21(15-38)11-28(29)42-32/h2-14,19,35H,1H3. The monoisotopic (exact) mass is 582 g/mol. The molecule has 0 N–H and O–H groups in total. The summed E-state index contributed by atoms with van der Waals surface area (Å²) in [6, 6.07) is 32.1. The van der Waals surface area contributed by atoms with E-state index in [4.69, 9.17) is 18.9 Å². The van der Waals surface area contributed by atoms with Crippen molar-refractivity contribution < 1.29 is 18.9 Å². The second kappa shape index (κ2) is 9.65. The van der Waals surface area contributed by atoms with Crippen LogP contribution < -0.4 is 18.9 Å². The molecule has 8 rings (SSSR count). The minimum absolute atomic E-state index is 0.124. The van der Waals surface area contributed by atoms with Crippen molar-refractivity contribution in [3.8, 4) is 58.8 Å². The highest BCUT2D eigenvalue weighted by Crippen LogP contribution is 2.56. The average molecular weight is 583 g/mol. The fourth-order valence-corrected chi connectivity index (χ4v) is 6.34. The molecule has 0 amide bonds. The summed E-state index contributed by atoms with van der Waals surface area (Å²) in [5, 5.41) is 40.4. The first kappa shape index (κ1) is 25.9. The topological polar surface area (TPSA) is 132 Å². The summed E-state index contributed by atoms with van der Waals surface area (Å²) in [6.45, 7) is 2.06. The van der Waals surface area contributed by atoms with Gasteiger partial charge in [-0.1, -0.05) is 55.5 Å². The number of nitrogens with zero attached hydrogens (tertiary/aromatic N) is 4. The van der Waals surface area contributed by atoms with Crippen LogP contribution >= 0.6 is 0 Å². The van der Waals surface area contributed by atoms with Crippen LogP contribution in [0.5, 0.6) is 34.5 Å². The summed E-state index contributed by atoms with van der Waals surface area (Å²) in [6.07, 6.45) is -0.559. The van der Waals surface area contributed by atoms with Gasteiger partial charge < -0.3 is 18.9 Å². The van der Waals surface area contributed by atoms with Gasteiger partial charge in [0, 0.05) is 41.3 Å². The summed E-state index contributed by atoms with van der Waals surface area (Å²) in [5.74, 6) is 2.63. The van der Waals surface area contributed by atoms with Gasteiger partial charge in [-0.05, 0) is 28.0 Å². The Morgan fingerprint density at radius 1 is 0.600 bits per heavy atom. The molecule has 210 valence electrons. The molecule has 0 fully saturated rings. The maximum atomic E-state index is 9.71. The zero-order chi connectivity index (χ0) is 30.8. The predicted molar refractivity (Wildman–Crippen MR) is 162 cm³/mol. The van der Waals surface area contributed by atoms with Crippen LogP contribution in [0.15, 0.2) is 84.6 Å². The summed E-state index contributed by atoms with van der Waals surface area (Å²) in [7, 11) is 0. The van der Waals surface area contributed by atoms with Crippen molar-refractivity contribution in [2.24, 2.45) is 0 Å². The molecule has 0 spiro atoms. The maximum absolute atomic E-state index is 9.71. The van der Waals surface area contributed by atoms with E-state index in [-0.39, 0.29) is 28.2 Å². The lowest BCUT2D eigenvalue weighted by Crippen LogP contribution is -2.36. The highest BCUT2D eigenvalue weighted by atomic mass is 16.6. The van der Waals surface area contributed by atoms with Crippen LogP contribution in [-0.4, -0.2) is 6.10 Å². The lowest BCUT2D eigenvalue weighted by molar-refractivity contribution is 0.127. The van der Waals surface area contributed by atoms with Crippen molar-refractivity contribution in [3.63, 3.8) is 0 Å². The normalized spacial score (nSPS) is 16.6. The van der Waals surface area contributed by atoms with E-state index in [2.05, 4.69) is 31.2 Å². The summed E-state index contributed by atoms with van der Waals surface area (Å²) in [4.78, 5) is 0. The molecule has 0 saturated carbocycles. The van der Waals surface area contributed by atoms with Crippen LogP contribution in [0.1, 0.15) is 51.8 Å². The summed E-state index contributed by atoms with van der Waals surface area (Å²) >= 11 is 0. The molecule has 2 aliphatic heterocycles. The van der Waals surface area contributed by atoms with E-state index < -0.39 is 6.10 Å². The first-order chi connectivity index (χ1) is 22.0. The number of hydrogen-bond acceptors (Lipinski definition) is 8. The smallest absolute Gasteiger partial charge is 0.178 e.